The van der Waals surface area contributed by atoms with Crippen molar-refractivity contribution >= 4 is 33.2 Å². The second-order valence-electron chi connectivity index (χ2n) is 11.5. The SMILES string of the molecule is C[C@@H]1CNC[C@H](CCc2c(F)cccc2N[C@@H](Cc2ccc(Cl)cc2)C(=O)NC2CCOCC2)N1S(=O)(=O)c1ccccc1. The molecule has 3 aromatic carbocycles. The molecule has 2 fully saturated rings. The van der Waals surface area contributed by atoms with Crippen molar-refractivity contribution in [3.05, 3.63) is 94.8 Å². The van der Waals surface area contributed by atoms with Crippen LogP contribution in [-0.2, 0) is 32.4 Å². The highest BCUT2D eigenvalue weighted by molar-refractivity contribution is 7.89. The lowest BCUT2D eigenvalue weighted by molar-refractivity contribution is -0.123. The van der Waals surface area contributed by atoms with Gasteiger partial charge in [0.05, 0.1) is 4.90 Å². The molecule has 5 rings (SSSR count). The predicted molar refractivity (Wildman–Crippen MR) is 171 cm³/mol. The van der Waals surface area contributed by atoms with Gasteiger partial charge < -0.3 is 20.7 Å². The molecule has 0 aromatic heterocycles. The van der Waals surface area contributed by atoms with Crippen molar-refractivity contribution in [3.63, 3.8) is 0 Å². The molecule has 0 spiro atoms. The third-order valence-corrected chi connectivity index (χ3v) is 10.7. The van der Waals surface area contributed by atoms with Gasteiger partial charge in [0.25, 0.3) is 0 Å². The zero-order chi connectivity index (χ0) is 31.1. The Morgan fingerprint density at radius 2 is 1.77 bits per heavy atom. The van der Waals surface area contributed by atoms with Gasteiger partial charge in [0.15, 0.2) is 0 Å². The van der Waals surface area contributed by atoms with Crippen molar-refractivity contribution in [1.29, 1.82) is 0 Å². The minimum atomic E-state index is -3.75. The maximum absolute atomic E-state index is 15.5. The second kappa shape index (κ2) is 14.8. The monoisotopic (exact) mass is 642 g/mol. The van der Waals surface area contributed by atoms with Crippen molar-refractivity contribution in [2.45, 2.75) is 68.1 Å². The zero-order valence-electron chi connectivity index (χ0n) is 24.8. The number of nitrogens with zero attached hydrogens (tertiary/aromatic N) is 1. The Bertz CT molecular complexity index is 1500. The summed E-state index contributed by atoms with van der Waals surface area (Å²) in [4.78, 5) is 13.8. The van der Waals surface area contributed by atoms with Crippen molar-refractivity contribution in [2.24, 2.45) is 0 Å². The van der Waals surface area contributed by atoms with Crippen LogP contribution in [0.1, 0.15) is 37.3 Å². The van der Waals surface area contributed by atoms with Gasteiger partial charge in [-0.1, -0.05) is 48.0 Å². The Morgan fingerprint density at radius 3 is 2.50 bits per heavy atom. The van der Waals surface area contributed by atoms with Crippen LogP contribution < -0.4 is 16.0 Å². The molecule has 0 bridgehead atoms. The number of ether oxygens (including phenoxy) is 1. The minimum Gasteiger partial charge on any atom is -0.381 e. The number of piperazine rings is 1. The molecule has 8 nitrogen and oxygen atoms in total. The highest BCUT2D eigenvalue weighted by Crippen LogP contribution is 2.28. The molecule has 2 aliphatic rings. The summed E-state index contributed by atoms with van der Waals surface area (Å²) >= 11 is 6.09. The lowest BCUT2D eigenvalue weighted by atomic mass is 9.99. The van der Waals surface area contributed by atoms with E-state index in [0.717, 1.165) is 18.4 Å². The molecule has 3 aromatic rings. The number of nitrogens with one attached hydrogen (secondary N) is 3. The fraction of sp³-hybridized carbons (Fsp3) is 0.424. The molecule has 236 valence electrons. The van der Waals surface area contributed by atoms with Crippen LogP contribution in [-0.4, -0.2) is 69.1 Å². The Hall–Kier alpha value is -3.02. The number of carbonyl (C=O) groups is 1. The van der Waals surface area contributed by atoms with Gasteiger partial charge in [0.2, 0.25) is 15.9 Å². The van der Waals surface area contributed by atoms with Gasteiger partial charge in [-0.15, -0.1) is 0 Å². The first-order valence-corrected chi connectivity index (χ1v) is 17.0. The van der Waals surface area contributed by atoms with Crippen molar-refractivity contribution in [1.82, 2.24) is 14.9 Å². The van der Waals surface area contributed by atoms with Crippen LogP contribution in [0.2, 0.25) is 5.02 Å². The first-order valence-electron chi connectivity index (χ1n) is 15.2. The summed E-state index contributed by atoms with van der Waals surface area (Å²) in [5, 5.41) is 10.4. The number of hydrogen-bond donors (Lipinski definition) is 3. The summed E-state index contributed by atoms with van der Waals surface area (Å²) in [6.45, 7) is 4.07. The molecule has 0 unspecified atom stereocenters. The molecular formula is C33H40ClFN4O4S. The third kappa shape index (κ3) is 7.97. The fourth-order valence-corrected chi connectivity index (χ4v) is 8.02. The summed E-state index contributed by atoms with van der Waals surface area (Å²) in [5.41, 5.74) is 1.85. The van der Waals surface area contributed by atoms with Crippen LogP contribution in [0.25, 0.3) is 0 Å². The molecule has 0 saturated carbocycles. The van der Waals surface area contributed by atoms with Gasteiger partial charge in [-0.25, -0.2) is 12.8 Å². The Kier molecular flexibility index (Phi) is 10.9. The molecule has 1 amide bonds. The maximum atomic E-state index is 15.5. The van der Waals surface area contributed by atoms with Crippen molar-refractivity contribution < 1.29 is 22.3 Å². The van der Waals surface area contributed by atoms with E-state index in [0.29, 0.717) is 55.4 Å². The van der Waals surface area contributed by atoms with Gasteiger partial charge in [0, 0.05) is 67.1 Å². The number of amides is 1. The van der Waals surface area contributed by atoms with Crippen LogP contribution in [0.15, 0.2) is 77.7 Å². The highest BCUT2D eigenvalue weighted by Gasteiger charge is 2.38. The van der Waals surface area contributed by atoms with E-state index in [1.165, 1.54) is 6.07 Å². The highest BCUT2D eigenvalue weighted by atomic mass is 35.5. The molecule has 0 radical (unpaired) electrons. The average Bonchev–Trinajstić information content (AvgIpc) is 3.02. The van der Waals surface area contributed by atoms with Gasteiger partial charge in [0.1, 0.15) is 11.9 Å². The zero-order valence-corrected chi connectivity index (χ0v) is 26.4. The normalized spacial score (nSPS) is 20.6. The van der Waals surface area contributed by atoms with Crippen molar-refractivity contribution in [3.8, 4) is 0 Å². The Balaban J connectivity index is 1.37. The van der Waals surface area contributed by atoms with E-state index in [-0.39, 0.29) is 35.3 Å². The number of halogens is 2. The number of anilines is 1. The van der Waals surface area contributed by atoms with E-state index in [9.17, 15) is 13.2 Å². The quantitative estimate of drug-likeness (QED) is 0.279. The summed E-state index contributed by atoms with van der Waals surface area (Å²) in [7, 11) is -3.75. The number of sulfonamides is 1. The summed E-state index contributed by atoms with van der Waals surface area (Å²) in [5.74, 6) is -0.577. The molecule has 3 N–H and O–H groups in total. The van der Waals surface area contributed by atoms with Gasteiger partial charge in [-0.05, 0) is 74.6 Å². The van der Waals surface area contributed by atoms with Gasteiger partial charge in [-0.3, -0.25) is 4.79 Å². The van der Waals surface area contributed by atoms with Gasteiger partial charge >= 0.3 is 0 Å². The molecular weight excluding hydrogens is 603 g/mol. The van der Waals surface area contributed by atoms with Crippen LogP contribution in [0.3, 0.4) is 0 Å². The third-order valence-electron chi connectivity index (χ3n) is 8.35. The van der Waals surface area contributed by atoms with E-state index in [1.807, 2.05) is 19.1 Å². The molecule has 3 atom stereocenters. The van der Waals surface area contributed by atoms with E-state index in [4.69, 9.17) is 16.3 Å². The van der Waals surface area contributed by atoms with Gasteiger partial charge in [-0.2, -0.15) is 4.31 Å². The molecule has 0 aliphatic carbocycles. The lowest BCUT2D eigenvalue weighted by Crippen LogP contribution is -2.58. The van der Waals surface area contributed by atoms with E-state index >= 15 is 4.39 Å². The second-order valence-corrected chi connectivity index (χ2v) is 13.8. The number of carbonyl (C=O) groups excluding carboxylic acids is 1. The molecule has 2 aliphatic heterocycles. The summed E-state index contributed by atoms with van der Waals surface area (Å²) in [6, 6.07) is 19.2. The number of hydrogen-bond acceptors (Lipinski definition) is 6. The minimum absolute atomic E-state index is 0.0103. The molecule has 2 saturated heterocycles. The molecule has 2 heterocycles. The Labute approximate surface area is 264 Å². The lowest BCUT2D eigenvalue weighted by Gasteiger charge is -2.40. The first-order chi connectivity index (χ1) is 21.2. The van der Waals surface area contributed by atoms with E-state index < -0.39 is 21.9 Å². The van der Waals surface area contributed by atoms with E-state index in [1.54, 1.807) is 58.9 Å². The maximum Gasteiger partial charge on any atom is 0.243 e. The van der Waals surface area contributed by atoms with Crippen molar-refractivity contribution in [2.75, 3.05) is 31.6 Å². The fourth-order valence-electron chi connectivity index (χ4n) is 6.03. The largest absolute Gasteiger partial charge is 0.381 e. The topological polar surface area (TPSA) is 99.8 Å². The van der Waals surface area contributed by atoms with Crippen LogP contribution in [0.5, 0.6) is 0 Å². The standard InChI is InChI=1S/C33H40ClFN4O4S/c1-23-21-36-22-27(39(23)44(41,42)28-6-3-2-4-7-28)14-15-29-30(35)8-5-9-31(29)38-32(20-24-10-12-25(34)13-11-24)33(40)37-26-16-18-43-19-17-26/h2-13,23,26-27,32,36,38H,14-22H2,1H3,(H,37,40)/t23-,27+,32+/m1/s1. The molecule has 11 heteroatoms. The number of rotatable bonds is 11. The summed E-state index contributed by atoms with van der Waals surface area (Å²) in [6.07, 6.45) is 2.52. The predicted octanol–water partition coefficient (Wildman–Crippen LogP) is 4.78. The first kappa shape index (κ1) is 32.4. The van der Waals surface area contributed by atoms with Crippen LogP contribution >= 0.6 is 11.6 Å². The smallest absolute Gasteiger partial charge is 0.243 e. The van der Waals surface area contributed by atoms with Crippen LogP contribution in [0, 0.1) is 5.82 Å². The molecule has 44 heavy (non-hydrogen) atoms. The number of benzene rings is 3. The Morgan fingerprint density at radius 1 is 1.05 bits per heavy atom. The summed E-state index contributed by atoms with van der Waals surface area (Å²) < 4.78 is 49.8. The van der Waals surface area contributed by atoms with E-state index in [2.05, 4.69) is 16.0 Å². The average molecular weight is 643 g/mol. The van der Waals surface area contributed by atoms with Crippen LogP contribution in [0.4, 0.5) is 10.1 Å².